The van der Waals surface area contributed by atoms with Crippen LogP contribution in [0.3, 0.4) is 0 Å². The fourth-order valence-electron chi connectivity index (χ4n) is 4.27. The van der Waals surface area contributed by atoms with E-state index in [1.807, 2.05) is 6.92 Å². The van der Waals surface area contributed by atoms with Gasteiger partial charge in [0.2, 0.25) is 5.89 Å². The van der Waals surface area contributed by atoms with Gasteiger partial charge in [-0.2, -0.15) is 18.2 Å². The van der Waals surface area contributed by atoms with Crippen LogP contribution in [0, 0.1) is 5.92 Å². The molecule has 2 aromatic heterocycles. The summed E-state index contributed by atoms with van der Waals surface area (Å²) in [5.41, 5.74) is -0.776. The largest absolute Gasteiger partial charge is 0.434 e. The molecule has 6 nitrogen and oxygen atoms in total. The summed E-state index contributed by atoms with van der Waals surface area (Å²) in [4.78, 5) is 8.20. The Morgan fingerprint density at radius 3 is 2.64 bits per heavy atom. The SMILES string of the molecule is CCc1noc(C2CCC(NC[C@H]3CCc4nc(C(F)(F)F)cn4C3)CC2)n1. The summed E-state index contributed by atoms with van der Waals surface area (Å²) in [5, 5.41) is 7.61. The molecule has 0 radical (unpaired) electrons. The maximum atomic E-state index is 12.8. The smallest absolute Gasteiger partial charge is 0.339 e. The molecule has 0 bridgehead atoms. The van der Waals surface area contributed by atoms with Crippen LogP contribution in [0.4, 0.5) is 13.2 Å². The standard InChI is InChI=1S/C19H26F3N5O/c1-2-16-25-18(28-26-16)13-4-6-14(7-5-13)23-9-12-3-8-17-24-15(19(20,21)22)11-27(17)10-12/h11-14,23H,2-10H2,1H3/t12-,13?,14?/m1/s1. The third-order valence-corrected chi connectivity index (χ3v) is 5.95. The van der Waals surface area contributed by atoms with E-state index in [0.717, 1.165) is 63.0 Å². The van der Waals surface area contributed by atoms with Gasteiger partial charge in [-0.1, -0.05) is 12.1 Å². The predicted octanol–water partition coefficient (Wildman–Crippen LogP) is 3.73. The summed E-state index contributed by atoms with van der Waals surface area (Å²) >= 11 is 0. The van der Waals surface area contributed by atoms with Crippen LogP contribution < -0.4 is 5.32 Å². The summed E-state index contributed by atoms with van der Waals surface area (Å²) in [6, 6.07) is 0.444. The van der Waals surface area contributed by atoms with E-state index >= 15 is 0 Å². The van der Waals surface area contributed by atoms with Gasteiger partial charge in [0.25, 0.3) is 0 Å². The molecule has 28 heavy (non-hydrogen) atoms. The van der Waals surface area contributed by atoms with Gasteiger partial charge >= 0.3 is 6.18 Å². The summed E-state index contributed by atoms with van der Waals surface area (Å²) in [6.45, 7) is 3.44. The number of nitrogens with zero attached hydrogens (tertiary/aromatic N) is 4. The zero-order valence-corrected chi connectivity index (χ0v) is 16.0. The van der Waals surface area contributed by atoms with Gasteiger partial charge in [-0.05, 0) is 44.6 Å². The van der Waals surface area contributed by atoms with E-state index in [4.69, 9.17) is 4.52 Å². The molecule has 0 amide bonds. The van der Waals surface area contributed by atoms with E-state index in [2.05, 4.69) is 20.4 Å². The number of nitrogens with one attached hydrogen (secondary N) is 1. The van der Waals surface area contributed by atoms with Crippen molar-refractivity contribution in [3.63, 3.8) is 0 Å². The first kappa shape index (κ1) is 19.4. The lowest BCUT2D eigenvalue weighted by Gasteiger charge is -2.30. The molecule has 154 valence electrons. The average Bonchev–Trinajstić information content (AvgIpc) is 3.33. The highest BCUT2D eigenvalue weighted by Gasteiger charge is 2.36. The Bertz CT molecular complexity index is 792. The minimum Gasteiger partial charge on any atom is -0.339 e. The average molecular weight is 397 g/mol. The summed E-state index contributed by atoms with van der Waals surface area (Å²) < 4.78 is 45.6. The molecule has 4 rings (SSSR count). The lowest BCUT2D eigenvalue weighted by molar-refractivity contribution is -0.141. The monoisotopic (exact) mass is 397 g/mol. The van der Waals surface area contributed by atoms with Crippen molar-refractivity contribution in [1.29, 1.82) is 0 Å². The Morgan fingerprint density at radius 1 is 1.18 bits per heavy atom. The number of imidazole rings is 1. The number of halogens is 3. The fourth-order valence-corrected chi connectivity index (χ4v) is 4.27. The highest BCUT2D eigenvalue weighted by molar-refractivity contribution is 5.10. The van der Waals surface area contributed by atoms with Crippen molar-refractivity contribution in [1.82, 2.24) is 25.0 Å². The normalized spacial score (nSPS) is 25.6. The maximum Gasteiger partial charge on any atom is 0.434 e. The predicted molar refractivity (Wildman–Crippen MR) is 95.7 cm³/mol. The second-order valence-corrected chi connectivity index (χ2v) is 7.96. The Balaban J connectivity index is 1.24. The molecule has 3 heterocycles. The summed E-state index contributed by atoms with van der Waals surface area (Å²) in [5.74, 6) is 2.75. The third kappa shape index (κ3) is 4.24. The molecular formula is C19H26F3N5O. The minimum atomic E-state index is -4.37. The van der Waals surface area contributed by atoms with E-state index in [0.29, 0.717) is 36.7 Å². The van der Waals surface area contributed by atoms with Crippen molar-refractivity contribution in [2.45, 2.75) is 76.6 Å². The number of rotatable bonds is 5. The minimum absolute atomic E-state index is 0.337. The van der Waals surface area contributed by atoms with Crippen LogP contribution in [0.5, 0.6) is 0 Å². The number of aryl methyl sites for hydroxylation is 2. The number of hydrogen-bond acceptors (Lipinski definition) is 5. The number of hydrogen-bond donors (Lipinski definition) is 1. The van der Waals surface area contributed by atoms with Crippen LogP contribution in [0.2, 0.25) is 0 Å². The number of aromatic nitrogens is 4. The van der Waals surface area contributed by atoms with E-state index in [1.54, 1.807) is 4.57 Å². The quantitative estimate of drug-likeness (QED) is 0.833. The van der Waals surface area contributed by atoms with Crippen LogP contribution in [0.15, 0.2) is 10.7 Å². The molecule has 0 spiro atoms. The van der Waals surface area contributed by atoms with Crippen LogP contribution in [0.25, 0.3) is 0 Å². The van der Waals surface area contributed by atoms with E-state index in [-0.39, 0.29) is 0 Å². The molecule has 1 saturated carbocycles. The number of fused-ring (bicyclic) bond motifs is 1. The zero-order chi connectivity index (χ0) is 19.7. The van der Waals surface area contributed by atoms with Gasteiger partial charge in [-0.15, -0.1) is 0 Å². The highest BCUT2D eigenvalue weighted by Crippen LogP contribution is 2.33. The molecule has 2 aromatic rings. The highest BCUT2D eigenvalue weighted by atomic mass is 19.4. The van der Waals surface area contributed by atoms with Crippen molar-refractivity contribution >= 4 is 0 Å². The molecule has 1 N–H and O–H groups in total. The third-order valence-electron chi connectivity index (χ3n) is 5.95. The van der Waals surface area contributed by atoms with Crippen LogP contribution >= 0.6 is 0 Å². The van der Waals surface area contributed by atoms with E-state index in [1.165, 1.54) is 0 Å². The van der Waals surface area contributed by atoms with Crippen molar-refractivity contribution in [3.8, 4) is 0 Å². The van der Waals surface area contributed by atoms with E-state index in [9.17, 15) is 13.2 Å². The second kappa shape index (κ2) is 7.85. The van der Waals surface area contributed by atoms with Crippen molar-refractivity contribution in [3.05, 3.63) is 29.4 Å². The van der Waals surface area contributed by atoms with Gasteiger partial charge in [0.05, 0.1) is 0 Å². The molecule has 0 aromatic carbocycles. The van der Waals surface area contributed by atoms with Gasteiger partial charge in [-0.3, -0.25) is 0 Å². The summed E-state index contributed by atoms with van der Waals surface area (Å²) in [6.07, 6.45) is 3.19. The number of alkyl halides is 3. The first-order chi connectivity index (χ1) is 13.4. The fraction of sp³-hybridized carbons (Fsp3) is 0.737. The molecule has 1 aliphatic carbocycles. The maximum absolute atomic E-state index is 12.8. The van der Waals surface area contributed by atoms with Crippen molar-refractivity contribution in [2.75, 3.05) is 6.54 Å². The van der Waals surface area contributed by atoms with E-state index < -0.39 is 11.9 Å². The van der Waals surface area contributed by atoms with Crippen LogP contribution in [-0.4, -0.2) is 32.3 Å². The Morgan fingerprint density at radius 2 is 1.96 bits per heavy atom. The Hall–Kier alpha value is -1.90. The first-order valence-corrected chi connectivity index (χ1v) is 10.1. The molecule has 1 aliphatic heterocycles. The zero-order valence-electron chi connectivity index (χ0n) is 16.0. The van der Waals surface area contributed by atoms with Gasteiger partial charge in [-0.25, -0.2) is 4.98 Å². The van der Waals surface area contributed by atoms with Gasteiger partial charge < -0.3 is 14.4 Å². The molecule has 1 fully saturated rings. The molecule has 2 aliphatic rings. The molecule has 0 saturated heterocycles. The van der Waals surface area contributed by atoms with Gasteiger partial charge in [0.15, 0.2) is 11.5 Å². The Kier molecular flexibility index (Phi) is 5.44. The lowest BCUT2D eigenvalue weighted by atomic mass is 9.85. The Labute approximate surface area is 161 Å². The van der Waals surface area contributed by atoms with Crippen LogP contribution in [-0.2, 0) is 25.6 Å². The molecule has 0 unspecified atom stereocenters. The summed E-state index contributed by atoms with van der Waals surface area (Å²) in [7, 11) is 0. The topological polar surface area (TPSA) is 68.8 Å². The van der Waals surface area contributed by atoms with Gasteiger partial charge in [0.1, 0.15) is 5.82 Å². The molecule has 9 heteroatoms. The lowest BCUT2D eigenvalue weighted by Crippen LogP contribution is -2.38. The molecule has 1 atom stereocenters. The van der Waals surface area contributed by atoms with Crippen molar-refractivity contribution < 1.29 is 17.7 Å². The van der Waals surface area contributed by atoms with Crippen LogP contribution in [0.1, 0.15) is 68.2 Å². The van der Waals surface area contributed by atoms with Gasteiger partial charge in [0, 0.05) is 37.5 Å². The molecular weight excluding hydrogens is 371 g/mol. The second-order valence-electron chi connectivity index (χ2n) is 7.96. The van der Waals surface area contributed by atoms with Crippen molar-refractivity contribution in [2.24, 2.45) is 5.92 Å². The first-order valence-electron chi connectivity index (χ1n) is 10.1.